The second kappa shape index (κ2) is 6.53. The first-order valence-electron chi connectivity index (χ1n) is 5.28. The van der Waals surface area contributed by atoms with Crippen LogP contribution in [-0.2, 0) is 0 Å². The highest BCUT2D eigenvalue weighted by Crippen LogP contribution is 2.22. The van der Waals surface area contributed by atoms with E-state index in [2.05, 4.69) is 10.2 Å². The monoisotopic (exact) mass is 256 g/mol. The first-order valence-corrected chi connectivity index (χ1v) is 5.28. The van der Waals surface area contributed by atoms with Gasteiger partial charge in [0.15, 0.2) is 17.4 Å². The first-order chi connectivity index (χ1) is 8.54. The Labute approximate surface area is 103 Å². The lowest BCUT2D eigenvalue weighted by molar-refractivity contribution is 0.285. The number of ether oxygens (including phenoxy) is 1. The second-order valence-electron chi connectivity index (χ2n) is 3.43. The Morgan fingerprint density at radius 3 is 2.44 bits per heavy atom. The topological polar surface area (TPSA) is 86.0 Å². The summed E-state index contributed by atoms with van der Waals surface area (Å²) in [6.07, 6.45) is 1.79. The van der Waals surface area contributed by atoms with E-state index < -0.39 is 17.4 Å². The van der Waals surface area contributed by atoms with Crippen molar-refractivity contribution in [3.63, 3.8) is 0 Å². The maximum absolute atomic E-state index is 13.5. The van der Waals surface area contributed by atoms with Gasteiger partial charge in [0, 0.05) is 5.56 Å². The highest BCUT2D eigenvalue weighted by atomic mass is 19.1. The van der Waals surface area contributed by atoms with E-state index in [4.69, 9.17) is 16.2 Å². The van der Waals surface area contributed by atoms with Gasteiger partial charge in [0.2, 0.25) is 5.96 Å². The summed E-state index contributed by atoms with van der Waals surface area (Å²) in [5.41, 5.74) is 10.3. The van der Waals surface area contributed by atoms with Gasteiger partial charge in [0.05, 0.1) is 12.8 Å². The number of hydrogen-bond acceptors (Lipinski definition) is 3. The third-order valence-corrected chi connectivity index (χ3v) is 1.85. The van der Waals surface area contributed by atoms with Gasteiger partial charge in [-0.1, -0.05) is 6.92 Å². The van der Waals surface area contributed by atoms with Crippen molar-refractivity contribution in [2.24, 2.45) is 21.7 Å². The lowest BCUT2D eigenvalue weighted by Gasteiger charge is -2.07. The van der Waals surface area contributed by atoms with Crippen LogP contribution in [0.15, 0.2) is 22.3 Å². The normalized spacial score (nSPS) is 10.6. The summed E-state index contributed by atoms with van der Waals surface area (Å²) < 4.78 is 32.0. The zero-order chi connectivity index (χ0) is 13.5. The van der Waals surface area contributed by atoms with Crippen molar-refractivity contribution < 1.29 is 13.5 Å². The molecule has 0 aliphatic rings. The second-order valence-corrected chi connectivity index (χ2v) is 3.43. The van der Waals surface area contributed by atoms with Crippen LogP contribution in [0.4, 0.5) is 8.78 Å². The van der Waals surface area contributed by atoms with Gasteiger partial charge in [-0.2, -0.15) is 5.10 Å². The molecular formula is C11H14F2N4O. The van der Waals surface area contributed by atoms with Gasteiger partial charge in [-0.15, -0.1) is 5.10 Å². The number of nitrogens with zero attached hydrogens (tertiary/aromatic N) is 2. The third kappa shape index (κ3) is 4.00. The molecule has 98 valence electrons. The fraction of sp³-hybridized carbons (Fsp3) is 0.273. The van der Waals surface area contributed by atoms with E-state index in [-0.39, 0.29) is 18.1 Å². The Hall–Kier alpha value is -2.18. The number of benzene rings is 1. The summed E-state index contributed by atoms with van der Waals surface area (Å²) in [5, 5.41) is 6.77. The van der Waals surface area contributed by atoms with E-state index in [1.54, 1.807) is 0 Å². The van der Waals surface area contributed by atoms with E-state index >= 15 is 0 Å². The summed E-state index contributed by atoms with van der Waals surface area (Å²) in [5.74, 6) is -2.23. The zero-order valence-corrected chi connectivity index (χ0v) is 9.86. The summed E-state index contributed by atoms with van der Waals surface area (Å²) in [4.78, 5) is 0. The molecule has 0 aromatic heterocycles. The average molecular weight is 256 g/mol. The number of nitrogens with two attached hydrogens (primary N) is 2. The van der Waals surface area contributed by atoms with Gasteiger partial charge in [-0.3, -0.25) is 0 Å². The van der Waals surface area contributed by atoms with Crippen LogP contribution in [0.2, 0.25) is 0 Å². The molecule has 0 heterocycles. The van der Waals surface area contributed by atoms with Crippen LogP contribution in [0, 0.1) is 11.6 Å². The highest BCUT2D eigenvalue weighted by Gasteiger charge is 2.11. The minimum atomic E-state index is -0.797. The molecule has 1 rings (SSSR count). The molecule has 5 nitrogen and oxygen atoms in total. The quantitative estimate of drug-likeness (QED) is 0.474. The van der Waals surface area contributed by atoms with Crippen LogP contribution in [0.3, 0.4) is 0 Å². The number of guanidine groups is 1. The average Bonchev–Trinajstić information content (AvgIpc) is 2.27. The molecule has 0 atom stereocenters. The molecule has 0 amide bonds. The molecule has 0 radical (unpaired) electrons. The Morgan fingerprint density at radius 2 is 1.94 bits per heavy atom. The molecule has 0 aliphatic carbocycles. The van der Waals surface area contributed by atoms with Crippen LogP contribution in [0.5, 0.6) is 5.75 Å². The molecule has 1 aromatic rings. The molecule has 7 heteroatoms. The van der Waals surface area contributed by atoms with Crippen molar-refractivity contribution in [3.8, 4) is 5.75 Å². The number of rotatable bonds is 5. The van der Waals surface area contributed by atoms with Gasteiger partial charge in [-0.05, 0) is 18.6 Å². The largest absolute Gasteiger partial charge is 0.488 e. The van der Waals surface area contributed by atoms with Crippen molar-refractivity contribution in [2.45, 2.75) is 13.3 Å². The van der Waals surface area contributed by atoms with E-state index in [9.17, 15) is 8.78 Å². The van der Waals surface area contributed by atoms with Crippen molar-refractivity contribution >= 4 is 12.2 Å². The lowest BCUT2D eigenvalue weighted by atomic mass is 10.2. The molecule has 0 aliphatic heterocycles. The molecule has 18 heavy (non-hydrogen) atoms. The molecule has 0 saturated carbocycles. The number of halogens is 2. The minimum absolute atomic E-state index is 0.193. The molecule has 0 spiro atoms. The van der Waals surface area contributed by atoms with Crippen LogP contribution >= 0.6 is 0 Å². The Morgan fingerprint density at radius 1 is 1.33 bits per heavy atom. The van der Waals surface area contributed by atoms with E-state index in [0.29, 0.717) is 6.42 Å². The molecule has 4 N–H and O–H groups in total. The molecule has 0 bridgehead atoms. The van der Waals surface area contributed by atoms with E-state index in [1.165, 1.54) is 0 Å². The summed E-state index contributed by atoms with van der Waals surface area (Å²) in [6.45, 7) is 2.08. The van der Waals surface area contributed by atoms with Crippen LogP contribution in [-0.4, -0.2) is 18.8 Å². The molecule has 1 aromatic carbocycles. The maximum atomic E-state index is 13.5. The number of hydrogen-bond donors (Lipinski definition) is 2. The third-order valence-electron chi connectivity index (χ3n) is 1.85. The molecule has 0 unspecified atom stereocenters. The Bertz CT molecular complexity index is 447. The SMILES string of the molecule is CCCOc1c(F)cc(C=NN=C(N)N)cc1F. The standard InChI is InChI=1S/C11H14F2N4O/c1-2-3-18-10-8(12)4-7(5-9(10)13)6-16-17-11(14)15/h4-6H,2-3H2,1H3,(H4,14,15,17). The maximum Gasteiger partial charge on any atom is 0.211 e. The Kier molecular flexibility index (Phi) is 5.04. The van der Waals surface area contributed by atoms with Gasteiger partial charge >= 0.3 is 0 Å². The predicted octanol–water partition coefficient (Wildman–Crippen LogP) is 1.36. The molecule has 0 fully saturated rings. The first kappa shape index (κ1) is 13.9. The Balaban J connectivity index is 2.92. The molecular weight excluding hydrogens is 242 g/mol. The van der Waals surface area contributed by atoms with Crippen LogP contribution in [0.1, 0.15) is 18.9 Å². The van der Waals surface area contributed by atoms with Gasteiger partial charge < -0.3 is 16.2 Å². The van der Waals surface area contributed by atoms with Gasteiger partial charge in [-0.25, -0.2) is 8.78 Å². The smallest absolute Gasteiger partial charge is 0.211 e. The zero-order valence-electron chi connectivity index (χ0n) is 9.86. The highest BCUT2D eigenvalue weighted by molar-refractivity contribution is 5.81. The van der Waals surface area contributed by atoms with E-state index in [1.807, 2.05) is 6.92 Å². The van der Waals surface area contributed by atoms with Gasteiger partial charge in [0.25, 0.3) is 0 Å². The summed E-state index contributed by atoms with van der Waals surface area (Å²) in [7, 11) is 0. The summed E-state index contributed by atoms with van der Waals surface area (Å²) >= 11 is 0. The summed E-state index contributed by atoms with van der Waals surface area (Å²) in [6, 6.07) is 2.17. The van der Waals surface area contributed by atoms with Gasteiger partial charge in [0.1, 0.15) is 0 Å². The van der Waals surface area contributed by atoms with Crippen molar-refractivity contribution in [1.29, 1.82) is 0 Å². The fourth-order valence-corrected chi connectivity index (χ4v) is 1.16. The van der Waals surface area contributed by atoms with Crippen LogP contribution in [0.25, 0.3) is 0 Å². The lowest BCUT2D eigenvalue weighted by Crippen LogP contribution is -2.21. The van der Waals surface area contributed by atoms with Crippen molar-refractivity contribution in [2.75, 3.05) is 6.61 Å². The van der Waals surface area contributed by atoms with Crippen molar-refractivity contribution in [1.82, 2.24) is 0 Å². The van der Waals surface area contributed by atoms with Crippen molar-refractivity contribution in [3.05, 3.63) is 29.3 Å². The fourth-order valence-electron chi connectivity index (χ4n) is 1.16. The van der Waals surface area contributed by atoms with Crippen LogP contribution < -0.4 is 16.2 Å². The molecule has 0 saturated heterocycles. The minimum Gasteiger partial charge on any atom is -0.488 e. The van der Waals surface area contributed by atoms with E-state index in [0.717, 1.165) is 18.3 Å². The predicted molar refractivity (Wildman–Crippen MR) is 65.5 cm³/mol.